The summed E-state index contributed by atoms with van der Waals surface area (Å²) in [6.07, 6.45) is 2.40. The number of rotatable bonds is 5. The molecule has 30 heavy (non-hydrogen) atoms. The van der Waals surface area contributed by atoms with Crippen molar-refractivity contribution in [1.82, 2.24) is 0 Å². The average Bonchev–Trinajstić information content (AvgIpc) is 3.49. The monoisotopic (exact) mass is 412 g/mol. The quantitative estimate of drug-likeness (QED) is 0.548. The summed E-state index contributed by atoms with van der Waals surface area (Å²) < 4.78 is 38.2. The van der Waals surface area contributed by atoms with Crippen molar-refractivity contribution in [2.75, 3.05) is 34.4 Å². The third kappa shape index (κ3) is 3.04. The van der Waals surface area contributed by atoms with E-state index < -0.39 is 0 Å². The molecule has 1 fully saturated rings. The van der Waals surface area contributed by atoms with E-state index in [-0.39, 0.29) is 25.5 Å². The van der Waals surface area contributed by atoms with Gasteiger partial charge in [-0.25, -0.2) is 4.79 Å². The molecule has 2 aromatic rings. The molecule has 0 bridgehead atoms. The molecule has 0 radical (unpaired) electrons. The highest BCUT2D eigenvalue weighted by Gasteiger charge is 2.33. The van der Waals surface area contributed by atoms with Gasteiger partial charge in [0.15, 0.2) is 23.0 Å². The Morgan fingerprint density at radius 2 is 1.77 bits per heavy atom. The molecule has 3 aliphatic rings. The smallest absolute Gasteiger partial charge is 0.334 e. The minimum atomic E-state index is -0.348. The van der Waals surface area contributed by atoms with Crippen molar-refractivity contribution in [3.63, 3.8) is 0 Å². The van der Waals surface area contributed by atoms with Crippen LogP contribution in [0, 0.1) is 5.92 Å². The normalized spacial score (nSPS) is 19.9. The molecule has 3 aliphatic heterocycles. The van der Waals surface area contributed by atoms with Crippen LogP contribution < -0.4 is 28.4 Å². The second-order valence-corrected chi connectivity index (χ2v) is 7.05. The largest absolute Gasteiger partial charge is 0.493 e. The molecule has 0 aliphatic carbocycles. The third-order valence-corrected chi connectivity index (χ3v) is 5.34. The number of ether oxygens (including phenoxy) is 7. The first-order valence-electron chi connectivity index (χ1n) is 9.49. The molecule has 8 heteroatoms. The maximum absolute atomic E-state index is 12.5. The number of carbonyl (C=O) groups is 1. The van der Waals surface area contributed by atoms with E-state index >= 15 is 0 Å². The Labute approximate surface area is 172 Å². The summed E-state index contributed by atoms with van der Waals surface area (Å²) in [7, 11) is 3.09. The Kier molecular flexibility index (Phi) is 4.54. The SMILES string of the molecule is COc1cc(C=C2C(=O)OC[C@H]2Cc2ccc3c(c2)OCO3)c(OC)c2c1OCO2. The molecule has 0 saturated carbocycles. The Morgan fingerprint density at radius 1 is 0.967 bits per heavy atom. The van der Waals surface area contributed by atoms with E-state index in [1.165, 1.54) is 0 Å². The molecule has 2 aromatic carbocycles. The van der Waals surface area contributed by atoms with Gasteiger partial charge in [-0.05, 0) is 36.3 Å². The Balaban J connectivity index is 1.49. The zero-order valence-electron chi connectivity index (χ0n) is 16.6. The van der Waals surface area contributed by atoms with E-state index in [1.807, 2.05) is 18.2 Å². The van der Waals surface area contributed by atoms with Crippen molar-refractivity contribution in [3.8, 4) is 34.5 Å². The van der Waals surface area contributed by atoms with Crippen LogP contribution in [-0.4, -0.2) is 40.4 Å². The topological polar surface area (TPSA) is 81.7 Å². The van der Waals surface area contributed by atoms with E-state index in [1.54, 1.807) is 26.4 Å². The van der Waals surface area contributed by atoms with Crippen molar-refractivity contribution in [2.24, 2.45) is 5.92 Å². The standard InChI is InChI=1S/C22H20O8/c1-24-18-8-13(19(25-2)21-20(18)29-11-30-21)7-15-14(9-26-22(15)23)5-12-3-4-16-17(6-12)28-10-27-16/h3-4,6-8,14H,5,9-11H2,1-2H3/t14-/m1/s1. The molecular weight excluding hydrogens is 392 g/mol. The van der Waals surface area contributed by atoms with Gasteiger partial charge in [0.2, 0.25) is 25.1 Å². The fraction of sp³-hybridized carbons (Fsp3) is 0.318. The van der Waals surface area contributed by atoms with Crippen LogP contribution in [0.3, 0.4) is 0 Å². The van der Waals surface area contributed by atoms with Crippen molar-refractivity contribution in [2.45, 2.75) is 6.42 Å². The molecule has 0 amide bonds. The van der Waals surface area contributed by atoms with Crippen LogP contribution in [0.1, 0.15) is 11.1 Å². The van der Waals surface area contributed by atoms with Crippen LogP contribution in [0.15, 0.2) is 29.8 Å². The summed E-state index contributed by atoms with van der Waals surface area (Å²) in [5, 5.41) is 0. The van der Waals surface area contributed by atoms with Crippen LogP contribution in [0.4, 0.5) is 0 Å². The van der Waals surface area contributed by atoms with Crippen LogP contribution in [0.2, 0.25) is 0 Å². The molecule has 3 heterocycles. The van der Waals surface area contributed by atoms with Crippen molar-refractivity contribution in [3.05, 3.63) is 41.0 Å². The van der Waals surface area contributed by atoms with E-state index in [0.717, 1.165) is 11.3 Å². The van der Waals surface area contributed by atoms with Gasteiger partial charge < -0.3 is 33.2 Å². The van der Waals surface area contributed by atoms with Gasteiger partial charge in [-0.2, -0.15) is 0 Å². The van der Waals surface area contributed by atoms with Gasteiger partial charge in [-0.1, -0.05) is 6.07 Å². The first-order chi connectivity index (χ1) is 14.7. The molecule has 5 rings (SSSR count). The molecule has 1 saturated heterocycles. The lowest BCUT2D eigenvalue weighted by molar-refractivity contribution is -0.135. The highest BCUT2D eigenvalue weighted by atomic mass is 16.7. The maximum Gasteiger partial charge on any atom is 0.334 e. The molecule has 156 valence electrons. The third-order valence-electron chi connectivity index (χ3n) is 5.34. The fourth-order valence-electron chi connectivity index (χ4n) is 3.88. The Hall–Kier alpha value is -3.55. The minimum absolute atomic E-state index is 0.0802. The van der Waals surface area contributed by atoms with Crippen LogP contribution in [0.5, 0.6) is 34.5 Å². The Bertz CT molecular complexity index is 1040. The molecule has 0 N–H and O–H groups in total. The lowest BCUT2D eigenvalue weighted by atomic mass is 9.92. The van der Waals surface area contributed by atoms with Crippen molar-refractivity contribution >= 4 is 12.0 Å². The predicted octanol–water partition coefficient (Wildman–Crippen LogP) is 2.96. The summed E-state index contributed by atoms with van der Waals surface area (Å²) in [6, 6.07) is 7.55. The first kappa shape index (κ1) is 18.5. The number of carbonyl (C=O) groups excluding carboxylic acids is 1. The van der Waals surface area contributed by atoms with Gasteiger partial charge >= 0.3 is 5.97 Å². The van der Waals surface area contributed by atoms with Crippen molar-refractivity contribution < 1.29 is 38.0 Å². The van der Waals surface area contributed by atoms with Crippen LogP contribution in [0.25, 0.3) is 6.08 Å². The van der Waals surface area contributed by atoms with E-state index in [0.29, 0.717) is 52.9 Å². The van der Waals surface area contributed by atoms with Crippen LogP contribution >= 0.6 is 0 Å². The summed E-state index contributed by atoms with van der Waals surface area (Å²) >= 11 is 0. The molecule has 0 aromatic heterocycles. The second-order valence-electron chi connectivity index (χ2n) is 7.05. The van der Waals surface area contributed by atoms with E-state index in [4.69, 9.17) is 33.2 Å². The number of hydrogen-bond acceptors (Lipinski definition) is 8. The predicted molar refractivity (Wildman–Crippen MR) is 104 cm³/mol. The minimum Gasteiger partial charge on any atom is -0.493 e. The molecule has 0 spiro atoms. The average molecular weight is 412 g/mol. The lowest BCUT2D eigenvalue weighted by Gasteiger charge is -2.13. The van der Waals surface area contributed by atoms with Crippen molar-refractivity contribution in [1.29, 1.82) is 0 Å². The summed E-state index contributed by atoms with van der Waals surface area (Å²) in [6.45, 7) is 0.612. The van der Waals surface area contributed by atoms with Gasteiger partial charge in [-0.15, -0.1) is 0 Å². The second kappa shape index (κ2) is 7.37. The van der Waals surface area contributed by atoms with Gasteiger partial charge in [-0.3, -0.25) is 0 Å². The number of methoxy groups -OCH3 is 2. The lowest BCUT2D eigenvalue weighted by Crippen LogP contribution is -2.08. The summed E-state index contributed by atoms with van der Waals surface area (Å²) in [5.41, 5.74) is 2.25. The zero-order valence-corrected chi connectivity index (χ0v) is 16.6. The summed E-state index contributed by atoms with van der Waals surface area (Å²) in [4.78, 5) is 12.5. The summed E-state index contributed by atoms with van der Waals surface area (Å²) in [5.74, 6) is 2.92. The number of benzene rings is 2. The van der Waals surface area contributed by atoms with E-state index in [2.05, 4.69) is 0 Å². The molecule has 1 atom stereocenters. The van der Waals surface area contributed by atoms with Gasteiger partial charge in [0.1, 0.15) is 0 Å². The van der Waals surface area contributed by atoms with Gasteiger partial charge in [0.05, 0.1) is 20.8 Å². The maximum atomic E-state index is 12.5. The van der Waals surface area contributed by atoms with Gasteiger partial charge in [0.25, 0.3) is 0 Å². The molecule has 0 unspecified atom stereocenters. The van der Waals surface area contributed by atoms with Crippen LogP contribution in [-0.2, 0) is 16.0 Å². The number of fused-ring (bicyclic) bond motifs is 2. The van der Waals surface area contributed by atoms with E-state index in [9.17, 15) is 4.79 Å². The molecular formula is C22H20O8. The zero-order chi connectivity index (χ0) is 20.7. The highest BCUT2D eigenvalue weighted by molar-refractivity contribution is 5.97. The fourth-order valence-corrected chi connectivity index (χ4v) is 3.88. The number of cyclic esters (lactones) is 1. The molecule has 8 nitrogen and oxygen atoms in total. The number of esters is 1. The van der Waals surface area contributed by atoms with Gasteiger partial charge in [0, 0.05) is 17.1 Å². The highest BCUT2D eigenvalue weighted by Crippen LogP contribution is 2.50. The number of hydrogen-bond donors (Lipinski definition) is 0. The first-order valence-corrected chi connectivity index (χ1v) is 9.49. The Morgan fingerprint density at radius 3 is 2.60 bits per heavy atom.